The van der Waals surface area contributed by atoms with Crippen LogP contribution in [0.4, 0.5) is 5.69 Å². The topological polar surface area (TPSA) is 105 Å². The normalized spacial score (nSPS) is 11.9. The number of benzene rings is 4. The van der Waals surface area contributed by atoms with E-state index in [4.69, 9.17) is 9.47 Å². The molecule has 10 heteroatoms. The van der Waals surface area contributed by atoms with Gasteiger partial charge in [-0.2, -0.15) is 0 Å². The second-order valence-electron chi connectivity index (χ2n) is 11.7. The van der Waals surface area contributed by atoms with Crippen molar-refractivity contribution in [2.45, 2.75) is 44.7 Å². The van der Waals surface area contributed by atoms with Gasteiger partial charge in [0.1, 0.15) is 12.6 Å². The Morgan fingerprint density at radius 3 is 2.04 bits per heavy atom. The third-order valence-electron chi connectivity index (χ3n) is 7.82. The molecule has 0 aliphatic rings. The first kappa shape index (κ1) is 35.0. The third-order valence-corrected chi connectivity index (χ3v) is 9.59. The van der Waals surface area contributed by atoms with Crippen LogP contribution in [-0.2, 0) is 32.6 Å². The molecular weight excluding hydrogens is 614 g/mol. The van der Waals surface area contributed by atoms with Crippen molar-refractivity contribution in [1.29, 1.82) is 0 Å². The van der Waals surface area contributed by atoms with Crippen LogP contribution in [0.2, 0.25) is 0 Å². The third kappa shape index (κ3) is 8.92. The Morgan fingerprint density at radius 2 is 1.43 bits per heavy atom. The molecule has 0 saturated carbocycles. The van der Waals surface area contributed by atoms with E-state index in [9.17, 15) is 18.0 Å². The Morgan fingerprint density at radius 1 is 0.809 bits per heavy atom. The van der Waals surface area contributed by atoms with Crippen LogP contribution in [0.5, 0.6) is 11.5 Å². The first-order valence-electron chi connectivity index (χ1n) is 15.5. The SMILES string of the molecule is COc1ccc(S(=O)(=O)N(CC(=O)N(Cc2ccccc2C)C(Cc2ccccc2)C(=O)NCC(C)C)c2ccccc2)cc1OC. The summed E-state index contributed by atoms with van der Waals surface area (Å²) in [4.78, 5) is 30.0. The number of hydrogen-bond donors (Lipinski definition) is 1. The second-order valence-corrected chi connectivity index (χ2v) is 13.5. The zero-order valence-electron chi connectivity index (χ0n) is 27.6. The lowest BCUT2D eigenvalue weighted by Crippen LogP contribution is -2.53. The standard InChI is InChI=1S/C37H43N3O6S/c1-27(2)24-38-37(42)33(22-29-15-8-6-9-16-29)39(25-30-17-13-12-14-28(30)3)36(41)26-40(31-18-10-7-11-19-31)47(43,44)32-20-21-34(45-4)35(23-32)46-5/h6-21,23,27,33H,22,24-26H2,1-5H3,(H,38,42). The van der Waals surface area contributed by atoms with Crippen LogP contribution in [0.3, 0.4) is 0 Å². The minimum atomic E-state index is -4.30. The van der Waals surface area contributed by atoms with Crippen LogP contribution in [0.1, 0.15) is 30.5 Å². The number of carbonyl (C=O) groups excluding carboxylic acids is 2. The van der Waals surface area contributed by atoms with Crippen LogP contribution >= 0.6 is 0 Å². The molecule has 0 aliphatic heterocycles. The first-order valence-corrected chi connectivity index (χ1v) is 16.9. The van der Waals surface area contributed by atoms with Crippen molar-refractivity contribution >= 4 is 27.5 Å². The van der Waals surface area contributed by atoms with Crippen molar-refractivity contribution < 1.29 is 27.5 Å². The molecule has 1 unspecified atom stereocenters. The van der Waals surface area contributed by atoms with Crippen molar-refractivity contribution in [3.05, 3.63) is 120 Å². The van der Waals surface area contributed by atoms with Gasteiger partial charge in [0.15, 0.2) is 11.5 Å². The smallest absolute Gasteiger partial charge is 0.264 e. The summed E-state index contributed by atoms with van der Waals surface area (Å²) in [5.74, 6) is -0.0365. The molecule has 0 spiro atoms. The van der Waals surface area contributed by atoms with E-state index in [0.29, 0.717) is 18.0 Å². The van der Waals surface area contributed by atoms with Gasteiger partial charge in [-0.3, -0.25) is 13.9 Å². The molecule has 0 aliphatic carbocycles. The van der Waals surface area contributed by atoms with E-state index >= 15 is 0 Å². The fraction of sp³-hybridized carbons (Fsp3) is 0.297. The summed E-state index contributed by atoms with van der Waals surface area (Å²) in [5.41, 5.74) is 2.97. The molecule has 4 aromatic carbocycles. The Balaban J connectivity index is 1.81. The Labute approximate surface area is 278 Å². The van der Waals surface area contributed by atoms with Gasteiger partial charge in [0.2, 0.25) is 11.8 Å². The summed E-state index contributed by atoms with van der Waals surface area (Å²) in [7, 11) is -1.41. The number of rotatable bonds is 15. The van der Waals surface area contributed by atoms with Gasteiger partial charge in [-0.1, -0.05) is 86.6 Å². The number of sulfonamides is 1. The number of hydrogen-bond acceptors (Lipinski definition) is 6. The number of ether oxygens (including phenoxy) is 2. The number of aryl methyl sites for hydroxylation is 1. The Bertz CT molecular complexity index is 1750. The number of nitrogens with one attached hydrogen (secondary N) is 1. The van der Waals surface area contributed by atoms with E-state index in [1.165, 1.54) is 37.3 Å². The lowest BCUT2D eigenvalue weighted by molar-refractivity contribution is -0.140. The number of carbonyl (C=O) groups is 2. The molecule has 1 atom stereocenters. The van der Waals surface area contributed by atoms with Crippen molar-refractivity contribution in [2.75, 3.05) is 31.6 Å². The van der Waals surface area contributed by atoms with Crippen LogP contribution < -0.4 is 19.1 Å². The summed E-state index contributed by atoms with van der Waals surface area (Å²) in [6, 6.07) is 29.0. The van der Waals surface area contributed by atoms with E-state index in [2.05, 4.69) is 5.32 Å². The molecule has 1 N–H and O–H groups in total. The molecule has 0 bridgehead atoms. The van der Waals surface area contributed by atoms with E-state index in [-0.39, 0.29) is 35.4 Å². The monoisotopic (exact) mass is 657 g/mol. The predicted octanol–water partition coefficient (Wildman–Crippen LogP) is 5.62. The molecule has 2 amide bonds. The van der Waals surface area contributed by atoms with Gasteiger partial charge in [0, 0.05) is 25.6 Å². The summed E-state index contributed by atoms with van der Waals surface area (Å²) >= 11 is 0. The minimum Gasteiger partial charge on any atom is -0.493 e. The highest BCUT2D eigenvalue weighted by Gasteiger charge is 2.35. The molecule has 0 saturated heterocycles. The molecule has 4 aromatic rings. The fourth-order valence-corrected chi connectivity index (χ4v) is 6.60. The van der Waals surface area contributed by atoms with E-state index in [1.54, 1.807) is 30.3 Å². The van der Waals surface area contributed by atoms with Crippen molar-refractivity contribution in [1.82, 2.24) is 10.2 Å². The molecular formula is C37H43N3O6S. The summed E-state index contributed by atoms with van der Waals surface area (Å²) in [6.07, 6.45) is 0.246. The van der Waals surface area contributed by atoms with Crippen LogP contribution in [0.25, 0.3) is 0 Å². The predicted molar refractivity (Wildman–Crippen MR) is 184 cm³/mol. The number of amides is 2. The summed E-state index contributed by atoms with van der Waals surface area (Å²) in [5, 5.41) is 3.01. The van der Waals surface area contributed by atoms with Gasteiger partial charge in [0.05, 0.1) is 24.8 Å². The molecule has 0 radical (unpaired) electrons. The van der Waals surface area contributed by atoms with Gasteiger partial charge < -0.3 is 19.7 Å². The molecule has 0 heterocycles. The largest absolute Gasteiger partial charge is 0.493 e. The van der Waals surface area contributed by atoms with Crippen molar-refractivity contribution in [3.63, 3.8) is 0 Å². The van der Waals surface area contributed by atoms with Crippen LogP contribution in [0.15, 0.2) is 108 Å². The van der Waals surface area contributed by atoms with Gasteiger partial charge in [-0.05, 0) is 53.8 Å². The number of para-hydroxylation sites is 1. The highest BCUT2D eigenvalue weighted by atomic mass is 32.2. The molecule has 9 nitrogen and oxygen atoms in total. The lowest BCUT2D eigenvalue weighted by atomic mass is 10.0. The number of anilines is 1. The molecule has 248 valence electrons. The van der Waals surface area contributed by atoms with Crippen LogP contribution in [-0.4, -0.2) is 58.5 Å². The lowest BCUT2D eigenvalue weighted by Gasteiger charge is -2.34. The van der Waals surface area contributed by atoms with Gasteiger partial charge in [0.25, 0.3) is 10.0 Å². The zero-order chi connectivity index (χ0) is 34.0. The highest BCUT2D eigenvalue weighted by molar-refractivity contribution is 7.92. The quantitative estimate of drug-likeness (QED) is 0.178. The molecule has 0 fully saturated rings. The Kier molecular flexibility index (Phi) is 12.0. The van der Waals surface area contributed by atoms with Gasteiger partial charge >= 0.3 is 0 Å². The summed E-state index contributed by atoms with van der Waals surface area (Å²) < 4.78 is 40.4. The maximum atomic E-state index is 14.6. The molecule has 4 rings (SSSR count). The zero-order valence-corrected chi connectivity index (χ0v) is 28.4. The number of methoxy groups -OCH3 is 2. The van der Waals surface area contributed by atoms with E-state index in [0.717, 1.165) is 21.0 Å². The van der Waals surface area contributed by atoms with E-state index < -0.39 is 28.5 Å². The minimum absolute atomic E-state index is 0.0761. The van der Waals surface area contributed by atoms with Gasteiger partial charge in [-0.25, -0.2) is 8.42 Å². The highest BCUT2D eigenvalue weighted by Crippen LogP contribution is 2.32. The van der Waals surface area contributed by atoms with Crippen molar-refractivity contribution in [3.8, 4) is 11.5 Å². The Hall–Kier alpha value is -4.83. The maximum absolute atomic E-state index is 14.6. The summed E-state index contributed by atoms with van der Waals surface area (Å²) in [6.45, 7) is 5.94. The average Bonchev–Trinajstić information content (AvgIpc) is 3.08. The molecule has 0 aromatic heterocycles. The second kappa shape index (κ2) is 16.1. The van der Waals surface area contributed by atoms with Gasteiger partial charge in [-0.15, -0.1) is 0 Å². The average molecular weight is 658 g/mol. The molecule has 47 heavy (non-hydrogen) atoms. The van der Waals surface area contributed by atoms with E-state index in [1.807, 2.05) is 75.4 Å². The van der Waals surface area contributed by atoms with Crippen LogP contribution in [0, 0.1) is 12.8 Å². The first-order chi connectivity index (χ1) is 22.5. The maximum Gasteiger partial charge on any atom is 0.264 e. The fourth-order valence-electron chi connectivity index (χ4n) is 5.17. The number of nitrogens with zero attached hydrogens (tertiary/aromatic N) is 2. The van der Waals surface area contributed by atoms with Crippen molar-refractivity contribution in [2.24, 2.45) is 5.92 Å².